The lowest BCUT2D eigenvalue weighted by Crippen LogP contribution is -2.49. The van der Waals surface area contributed by atoms with Gasteiger partial charge in [-0.15, -0.1) is 0 Å². The van der Waals surface area contributed by atoms with Gasteiger partial charge in [-0.25, -0.2) is 4.79 Å². The molecule has 1 N–H and O–H groups in total. The molecule has 0 aromatic heterocycles. The van der Waals surface area contributed by atoms with Crippen LogP contribution < -0.4 is 5.32 Å². The highest BCUT2D eigenvalue weighted by atomic mass is 32.2. The predicted octanol–water partition coefficient (Wildman–Crippen LogP) is 4.75. The zero-order chi connectivity index (χ0) is 24.8. The average molecular weight is 497 g/mol. The molecule has 1 aliphatic rings. The Balaban J connectivity index is 1.41. The Hall–Kier alpha value is -3.72. The number of rotatable bonds is 7. The van der Waals surface area contributed by atoms with E-state index in [-0.39, 0.29) is 18.9 Å². The van der Waals surface area contributed by atoms with Gasteiger partial charge in [-0.2, -0.15) is 8.78 Å². The summed E-state index contributed by atoms with van der Waals surface area (Å²) in [5, 5.41) is 2.56. The van der Waals surface area contributed by atoms with Crippen molar-refractivity contribution in [3.05, 3.63) is 95.6 Å². The minimum absolute atomic E-state index is 0.249. The average Bonchev–Trinajstić information content (AvgIpc) is 2.87. The van der Waals surface area contributed by atoms with Gasteiger partial charge in [0.15, 0.2) is 6.61 Å². The standard InChI is InChI=1S/C26H22F2N2O4S/c27-26(28)35-21-12-10-20(11-13-21)29-23(31)16-34-25(33)22-14-18-8-4-5-9-19(18)15-30(22)24(32)17-6-2-1-3-7-17/h1-13,22,26H,14-16H2,(H,29,31)/t22-/m0/s1. The summed E-state index contributed by atoms with van der Waals surface area (Å²) in [4.78, 5) is 40.3. The number of carbonyl (C=O) groups excluding carboxylic acids is 3. The predicted molar refractivity (Wildman–Crippen MR) is 128 cm³/mol. The maximum atomic E-state index is 13.2. The largest absolute Gasteiger partial charge is 0.454 e. The second-order valence-electron chi connectivity index (χ2n) is 7.85. The van der Waals surface area contributed by atoms with Crippen LogP contribution in [0.4, 0.5) is 14.5 Å². The molecule has 9 heteroatoms. The zero-order valence-electron chi connectivity index (χ0n) is 18.5. The third kappa shape index (κ3) is 6.24. The van der Waals surface area contributed by atoms with E-state index in [2.05, 4.69) is 5.32 Å². The molecule has 6 nitrogen and oxygen atoms in total. The SMILES string of the molecule is O=C(COC(=O)[C@@H]1Cc2ccccc2CN1C(=O)c1ccccc1)Nc1ccc(SC(F)F)cc1. The molecule has 0 saturated carbocycles. The quantitative estimate of drug-likeness (QED) is 0.377. The van der Waals surface area contributed by atoms with Crippen molar-refractivity contribution in [2.75, 3.05) is 11.9 Å². The van der Waals surface area contributed by atoms with Crippen LogP contribution in [0.1, 0.15) is 21.5 Å². The van der Waals surface area contributed by atoms with Crippen LogP contribution in [0.25, 0.3) is 0 Å². The Kier molecular flexibility index (Phi) is 7.77. The smallest absolute Gasteiger partial charge is 0.329 e. The van der Waals surface area contributed by atoms with E-state index in [9.17, 15) is 23.2 Å². The number of esters is 1. The minimum atomic E-state index is -2.53. The van der Waals surface area contributed by atoms with Crippen LogP contribution in [0.2, 0.25) is 0 Å². The summed E-state index contributed by atoms with van der Waals surface area (Å²) < 4.78 is 30.1. The number of alkyl halides is 2. The summed E-state index contributed by atoms with van der Waals surface area (Å²) in [7, 11) is 0. The van der Waals surface area contributed by atoms with Crippen molar-refractivity contribution in [1.82, 2.24) is 4.90 Å². The monoisotopic (exact) mass is 496 g/mol. The molecule has 3 aromatic carbocycles. The van der Waals surface area contributed by atoms with Crippen LogP contribution in [0.3, 0.4) is 0 Å². The first-order valence-electron chi connectivity index (χ1n) is 10.8. The number of amides is 2. The number of ether oxygens (including phenoxy) is 1. The van der Waals surface area contributed by atoms with Crippen molar-refractivity contribution in [3.8, 4) is 0 Å². The maximum Gasteiger partial charge on any atom is 0.329 e. The number of halogens is 2. The second-order valence-corrected chi connectivity index (χ2v) is 8.91. The van der Waals surface area contributed by atoms with Crippen molar-refractivity contribution in [2.45, 2.75) is 29.7 Å². The Morgan fingerprint density at radius 3 is 2.29 bits per heavy atom. The summed E-state index contributed by atoms with van der Waals surface area (Å²) in [6, 6.07) is 21.3. The van der Waals surface area contributed by atoms with Gasteiger partial charge in [0.1, 0.15) is 6.04 Å². The van der Waals surface area contributed by atoms with Crippen molar-refractivity contribution < 1.29 is 27.9 Å². The summed E-state index contributed by atoms with van der Waals surface area (Å²) in [5.41, 5.74) is 2.73. The lowest BCUT2D eigenvalue weighted by molar-refractivity contribution is -0.152. The Morgan fingerprint density at radius 1 is 0.943 bits per heavy atom. The summed E-state index contributed by atoms with van der Waals surface area (Å²) in [6.07, 6.45) is 0.276. The zero-order valence-corrected chi connectivity index (χ0v) is 19.3. The van der Waals surface area contributed by atoms with Gasteiger partial charge in [0.2, 0.25) is 0 Å². The van der Waals surface area contributed by atoms with Crippen LogP contribution in [0.5, 0.6) is 0 Å². The van der Waals surface area contributed by atoms with Crippen LogP contribution in [-0.4, -0.2) is 41.1 Å². The number of nitrogens with zero attached hydrogens (tertiary/aromatic N) is 1. The summed E-state index contributed by atoms with van der Waals surface area (Å²) in [6.45, 7) is -0.295. The Labute approximate surface area is 205 Å². The lowest BCUT2D eigenvalue weighted by Gasteiger charge is -2.35. The van der Waals surface area contributed by atoms with E-state index in [1.54, 1.807) is 30.3 Å². The van der Waals surface area contributed by atoms with Crippen molar-refractivity contribution in [2.24, 2.45) is 0 Å². The molecule has 0 bridgehead atoms. The van der Waals surface area contributed by atoms with Gasteiger partial charge < -0.3 is 15.0 Å². The van der Waals surface area contributed by atoms with Gasteiger partial charge in [-0.05, 0) is 47.5 Å². The van der Waals surface area contributed by atoms with Gasteiger partial charge in [-0.3, -0.25) is 9.59 Å². The van der Waals surface area contributed by atoms with E-state index in [1.807, 2.05) is 24.3 Å². The van der Waals surface area contributed by atoms with Gasteiger partial charge >= 0.3 is 5.97 Å². The normalized spacial score (nSPS) is 14.8. The maximum absolute atomic E-state index is 13.2. The first kappa shape index (κ1) is 24.4. The van der Waals surface area contributed by atoms with Gasteiger partial charge in [0.05, 0.1) is 0 Å². The molecule has 1 aliphatic heterocycles. The molecule has 1 heterocycles. The molecule has 35 heavy (non-hydrogen) atoms. The number of anilines is 1. The van der Waals surface area contributed by atoms with E-state index in [1.165, 1.54) is 29.2 Å². The molecule has 0 spiro atoms. The number of carbonyl (C=O) groups is 3. The van der Waals surface area contributed by atoms with E-state index >= 15 is 0 Å². The van der Waals surface area contributed by atoms with Crippen molar-refractivity contribution >= 4 is 35.2 Å². The fourth-order valence-electron chi connectivity index (χ4n) is 3.84. The number of hydrogen-bond donors (Lipinski definition) is 1. The van der Waals surface area contributed by atoms with E-state index in [0.717, 1.165) is 11.1 Å². The topological polar surface area (TPSA) is 75.7 Å². The molecule has 0 radical (unpaired) electrons. The molecule has 0 fully saturated rings. The molecule has 4 rings (SSSR count). The fourth-order valence-corrected chi connectivity index (χ4v) is 4.34. The lowest BCUT2D eigenvalue weighted by atomic mass is 9.93. The summed E-state index contributed by atoms with van der Waals surface area (Å²) in [5.74, 6) is -4.09. The van der Waals surface area contributed by atoms with Crippen LogP contribution in [-0.2, 0) is 27.3 Å². The number of benzene rings is 3. The van der Waals surface area contributed by atoms with Crippen LogP contribution in [0.15, 0.2) is 83.8 Å². The van der Waals surface area contributed by atoms with E-state index < -0.39 is 30.3 Å². The fraction of sp³-hybridized carbons (Fsp3) is 0.192. The first-order chi connectivity index (χ1) is 16.9. The molecule has 1 atom stereocenters. The van der Waals surface area contributed by atoms with Crippen LogP contribution >= 0.6 is 11.8 Å². The van der Waals surface area contributed by atoms with E-state index in [4.69, 9.17) is 4.74 Å². The second kappa shape index (κ2) is 11.1. The Morgan fingerprint density at radius 2 is 1.60 bits per heavy atom. The highest BCUT2D eigenvalue weighted by molar-refractivity contribution is 7.99. The molecule has 180 valence electrons. The Bertz CT molecular complexity index is 1210. The number of fused-ring (bicyclic) bond motifs is 1. The number of nitrogens with one attached hydrogen (secondary N) is 1. The molecule has 2 amide bonds. The molecule has 3 aromatic rings. The van der Waals surface area contributed by atoms with E-state index in [0.29, 0.717) is 27.9 Å². The molecule has 0 unspecified atom stereocenters. The molecular weight excluding hydrogens is 474 g/mol. The third-order valence-electron chi connectivity index (χ3n) is 5.51. The minimum Gasteiger partial charge on any atom is -0.454 e. The van der Waals surface area contributed by atoms with Gasteiger partial charge in [-0.1, -0.05) is 54.2 Å². The van der Waals surface area contributed by atoms with Gasteiger partial charge in [0, 0.05) is 29.1 Å². The molecule has 0 saturated heterocycles. The van der Waals surface area contributed by atoms with Gasteiger partial charge in [0.25, 0.3) is 17.6 Å². The summed E-state index contributed by atoms with van der Waals surface area (Å²) >= 11 is 0.404. The van der Waals surface area contributed by atoms with Crippen molar-refractivity contribution in [3.63, 3.8) is 0 Å². The highest BCUT2D eigenvalue weighted by Gasteiger charge is 2.36. The van der Waals surface area contributed by atoms with Crippen LogP contribution in [0, 0.1) is 0 Å². The highest BCUT2D eigenvalue weighted by Crippen LogP contribution is 2.27. The molecular formula is C26H22F2N2O4S. The third-order valence-corrected chi connectivity index (χ3v) is 6.23. The molecule has 0 aliphatic carbocycles. The van der Waals surface area contributed by atoms with Crippen molar-refractivity contribution in [1.29, 1.82) is 0 Å². The number of hydrogen-bond acceptors (Lipinski definition) is 5. The first-order valence-corrected chi connectivity index (χ1v) is 11.7. The number of thioether (sulfide) groups is 1.